The molecule has 1 aromatic carbocycles. The summed E-state index contributed by atoms with van der Waals surface area (Å²) in [5, 5.41) is 12.0. The van der Waals surface area contributed by atoms with Crippen LogP contribution in [0.3, 0.4) is 0 Å². The van der Waals surface area contributed by atoms with Crippen molar-refractivity contribution in [3.8, 4) is 0 Å². The maximum absolute atomic E-state index is 13.5. The Hall–Kier alpha value is -0.920. The third-order valence-corrected chi connectivity index (χ3v) is 5.69. The average Bonchev–Trinajstić information content (AvgIpc) is 2.68. The van der Waals surface area contributed by atoms with E-state index in [-0.39, 0.29) is 5.69 Å². The molecule has 0 aliphatic carbocycles. The van der Waals surface area contributed by atoms with Gasteiger partial charge in [0.05, 0.1) is 9.47 Å². The second-order valence-corrected chi connectivity index (χ2v) is 6.92. The molecular formula is C12H8Br2FNO2S. The molecule has 0 aliphatic rings. The summed E-state index contributed by atoms with van der Waals surface area (Å²) in [5.41, 5.74) is 0.163. The van der Waals surface area contributed by atoms with Gasteiger partial charge in [-0.05, 0) is 50.1 Å². The molecule has 19 heavy (non-hydrogen) atoms. The van der Waals surface area contributed by atoms with Crippen LogP contribution in [0.15, 0.2) is 38.6 Å². The smallest absolute Gasteiger partial charge is 0.331 e. The normalized spacial score (nSPS) is 12.2. The first-order valence-electron chi connectivity index (χ1n) is 5.17. The second kappa shape index (κ2) is 6.02. The largest absolute Gasteiger partial charge is 0.479 e. The quantitative estimate of drug-likeness (QED) is 0.773. The zero-order valence-electron chi connectivity index (χ0n) is 9.36. The number of carboxylic acid groups (broad SMARTS) is 1. The summed E-state index contributed by atoms with van der Waals surface area (Å²) >= 11 is 7.89. The first-order chi connectivity index (χ1) is 8.99. The van der Waals surface area contributed by atoms with Gasteiger partial charge in [-0.3, -0.25) is 0 Å². The summed E-state index contributed by atoms with van der Waals surface area (Å²) in [7, 11) is 0. The fraction of sp³-hybridized carbons (Fsp3) is 0.0833. The van der Waals surface area contributed by atoms with Gasteiger partial charge in [-0.15, -0.1) is 11.3 Å². The van der Waals surface area contributed by atoms with Gasteiger partial charge < -0.3 is 10.4 Å². The van der Waals surface area contributed by atoms with Crippen LogP contribution < -0.4 is 5.32 Å². The van der Waals surface area contributed by atoms with Gasteiger partial charge in [0.15, 0.2) is 6.04 Å². The predicted molar refractivity (Wildman–Crippen MR) is 80.1 cm³/mol. The summed E-state index contributed by atoms with van der Waals surface area (Å²) in [6, 6.07) is 6.68. The molecule has 2 N–H and O–H groups in total. The van der Waals surface area contributed by atoms with E-state index in [2.05, 4.69) is 37.2 Å². The summed E-state index contributed by atoms with van der Waals surface area (Å²) in [5.74, 6) is -1.55. The van der Waals surface area contributed by atoms with Crippen molar-refractivity contribution in [1.29, 1.82) is 0 Å². The van der Waals surface area contributed by atoms with Gasteiger partial charge in [0.25, 0.3) is 0 Å². The second-order valence-electron chi connectivity index (χ2n) is 3.67. The molecule has 0 saturated heterocycles. The monoisotopic (exact) mass is 407 g/mol. The number of thiophene rings is 1. The van der Waals surface area contributed by atoms with E-state index in [1.165, 1.54) is 23.5 Å². The zero-order valence-corrected chi connectivity index (χ0v) is 13.4. The van der Waals surface area contributed by atoms with Crippen LogP contribution in [0.2, 0.25) is 0 Å². The molecule has 0 spiro atoms. The molecule has 0 bridgehead atoms. The Morgan fingerprint density at radius 2 is 2.05 bits per heavy atom. The van der Waals surface area contributed by atoms with Gasteiger partial charge in [-0.1, -0.05) is 12.1 Å². The lowest BCUT2D eigenvalue weighted by Gasteiger charge is -2.14. The highest BCUT2D eigenvalue weighted by atomic mass is 79.9. The molecule has 7 heteroatoms. The van der Waals surface area contributed by atoms with Crippen LogP contribution in [-0.4, -0.2) is 11.1 Å². The first kappa shape index (κ1) is 14.5. The fourth-order valence-corrected chi connectivity index (χ4v) is 3.63. The molecular weight excluding hydrogens is 401 g/mol. The summed E-state index contributed by atoms with van der Waals surface area (Å²) in [6.45, 7) is 0. The Kier molecular flexibility index (Phi) is 4.59. The number of aliphatic carboxylic acids is 1. The van der Waals surface area contributed by atoms with Gasteiger partial charge in [-0.25, -0.2) is 9.18 Å². The zero-order chi connectivity index (χ0) is 14.0. The van der Waals surface area contributed by atoms with Gasteiger partial charge in [0.1, 0.15) is 5.82 Å². The number of rotatable bonds is 4. The summed E-state index contributed by atoms with van der Waals surface area (Å²) in [6.07, 6.45) is 0. The van der Waals surface area contributed by atoms with Crippen LogP contribution >= 0.6 is 43.2 Å². The van der Waals surface area contributed by atoms with Crippen molar-refractivity contribution in [3.63, 3.8) is 0 Å². The minimum absolute atomic E-state index is 0.163. The fourth-order valence-electron chi connectivity index (χ4n) is 1.49. The van der Waals surface area contributed by atoms with Gasteiger partial charge in [0.2, 0.25) is 0 Å². The van der Waals surface area contributed by atoms with Gasteiger partial charge in [-0.2, -0.15) is 0 Å². The minimum Gasteiger partial charge on any atom is -0.479 e. The number of carbonyl (C=O) groups is 1. The lowest BCUT2D eigenvalue weighted by Crippen LogP contribution is -2.20. The van der Waals surface area contributed by atoms with Crippen molar-refractivity contribution in [2.45, 2.75) is 6.04 Å². The van der Waals surface area contributed by atoms with E-state index in [9.17, 15) is 14.3 Å². The van der Waals surface area contributed by atoms with Crippen molar-refractivity contribution in [1.82, 2.24) is 0 Å². The van der Waals surface area contributed by atoms with Crippen LogP contribution in [0.1, 0.15) is 10.9 Å². The molecule has 1 unspecified atom stereocenters. The maximum Gasteiger partial charge on any atom is 0.331 e. The Balaban J connectivity index is 2.32. The number of hydrogen-bond acceptors (Lipinski definition) is 3. The Morgan fingerprint density at radius 3 is 2.58 bits per heavy atom. The number of nitrogens with one attached hydrogen (secondary N) is 1. The van der Waals surface area contributed by atoms with E-state index in [0.29, 0.717) is 4.88 Å². The third kappa shape index (κ3) is 3.34. The van der Waals surface area contributed by atoms with Gasteiger partial charge in [0, 0.05) is 9.35 Å². The highest BCUT2D eigenvalue weighted by molar-refractivity contribution is 9.13. The molecule has 0 saturated carbocycles. The predicted octanol–water partition coefficient (Wildman–Crippen LogP) is 4.65. The van der Waals surface area contributed by atoms with Crippen molar-refractivity contribution in [3.05, 3.63) is 49.3 Å². The number of halogens is 3. The van der Waals surface area contributed by atoms with E-state index < -0.39 is 17.8 Å². The van der Waals surface area contributed by atoms with E-state index in [0.717, 1.165) is 8.26 Å². The van der Waals surface area contributed by atoms with Crippen molar-refractivity contribution in [2.24, 2.45) is 0 Å². The number of anilines is 1. The summed E-state index contributed by atoms with van der Waals surface area (Å²) < 4.78 is 15.1. The summed E-state index contributed by atoms with van der Waals surface area (Å²) in [4.78, 5) is 11.9. The molecule has 0 fully saturated rings. The minimum atomic E-state index is -1.07. The molecule has 100 valence electrons. The highest BCUT2D eigenvalue weighted by Gasteiger charge is 2.23. The lowest BCUT2D eigenvalue weighted by molar-refractivity contribution is -0.138. The molecule has 1 aromatic heterocycles. The van der Waals surface area contributed by atoms with E-state index in [4.69, 9.17) is 0 Å². The molecule has 1 heterocycles. The van der Waals surface area contributed by atoms with Gasteiger partial charge >= 0.3 is 5.97 Å². The topological polar surface area (TPSA) is 49.3 Å². The number of benzene rings is 1. The van der Waals surface area contributed by atoms with Crippen LogP contribution in [0.25, 0.3) is 0 Å². The highest BCUT2D eigenvalue weighted by Crippen LogP contribution is 2.36. The van der Waals surface area contributed by atoms with Crippen molar-refractivity contribution >= 4 is 54.9 Å². The van der Waals surface area contributed by atoms with E-state index >= 15 is 0 Å². The van der Waals surface area contributed by atoms with Crippen molar-refractivity contribution < 1.29 is 14.3 Å². The molecule has 3 nitrogen and oxygen atoms in total. The number of hydrogen-bond donors (Lipinski definition) is 2. The average molecular weight is 409 g/mol. The Bertz CT molecular complexity index is 598. The Labute approximate surface area is 129 Å². The Morgan fingerprint density at radius 1 is 1.37 bits per heavy atom. The molecule has 0 radical (unpaired) electrons. The third-order valence-electron chi connectivity index (χ3n) is 2.37. The molecule has 0 aliphatic heterocycles. The lowest BCUT2D eigenvalue weighted by atomic mass is 10.2. The van der Waals surface area contributed by atoms with Crippen molar-refractivity contribution in [2.75, 3.05) is 5.32 Å². The molecule has 2 aromatic rings. The van der Waals surface area contributed by atoms with Crippen LogP contribution in [0, 0.1) is 5.82 Å². The van der Waals surface area contributed by atoms with Crippen LogP contribution in [-0.2, 0) is 4.79 Å². The van der Waals surface area contributed by atoms with E-state index in [1.807, 2.05) is 0 Å². The number of carboxylic acids is 1. The number of para-hydroxylation sites is 1. The SMILES string of the molecule is O=C(O)C(Nc1ccccc1F)c1cc(Br)c(Br)s1. The van der Waals surface area contributed by atoms with Crippen LogP contribution in [0.4, 0.5) is 10.1 Å². The molecule has 2 rings (SSSR count). The van der Waals surface area contributed by atoms with Crippen LogP contribution in [0.5, 0.6) is 0 Å². The first-order valence-corrected chi connectivity index (χ1v) is 7.58. The molecule has 1 atom stereocenters. The standard InChI is InChI=1S/C12H8Br2FNO2S/c13-6-5-9(19-11(6)14)10(12(17)18)16-8-4-2-1-3-7(8)15/h1-5,10,16H,(H,17,18). The maximum atomic E-state index is 13.5. The van der Waals surface area contributed by atoms with E-state index in [1.54, 1.807) is 18.2 Å². The molecule has 0 amide bonds.